The molecule has 141 valence electrons. The van der Waals surface area contributed by atoms with Gasteiger partial charge in [-0.1, -0.05) is 0 Å². The first-order valence-corrected chi connectivity index (χ1v) is 12.9. The molecule has 0 spiro atoms. The molecule has 4 heteroatoms. The van der Waals surface area contributed by atoms with E-state index in [1.54, 1.807) is 0 Å². The molecule has 2 aliphatic rings. The van der Waals surface area contributed by atoms with Crippen LogP contribution in [0.4, 0.5) is 0 Å². The largest absolute Gasteiger partial charge is 1.00 e. The van der Waals surface area contributed by atoms with E-state index in [-0.39, 0.29) is 17.0 Å². The van der Waals surface area contributed by atoms with Gasteiger partial charge in [0.05, 0.1) is 0 Å². The topological polar surface area (TPSA) is 6.48 Å². The van der Waals surface area contributed by atoms with Crippen LogP contribution in [0.1, 0.15) is 106 Å². The SMILES string of the molecule is CC(C)(C)[N]([Nd+][N](C1CCCCC1)C(C)(C)C)C1CCCCC1.[Br-]. The molecular formula is C20H40BrN2Nd. The Morgan fingerprint density at radius 2 is 0.875 bits per heavy atom. The monoisotopic (exact) mass is 529 g/mol. The van der Waals surface area contributed by atoms with E-state index >= 15 is 0 Å². The fraction of sp³-hybridized carbons (Fsp3) is 1.00. The van der Waals surface area contributed by atoms with Gasteiger partial charge in [0.2, 0.25) is 0 Å². The summed E-state index contributed by atoms with van der Waals surface area (Å²) in [7, 11) is 0. The van der Waals surface area contributed by atoms with Crippen molar-refractivity contribution in [2.45, 2.75) is 129 Å². The second-order valence-corrected chi connectivity index (χ2v) is 13.5. The molecule has 0 bridgehead atoms. The Bertz CT molecular complexity index is 316. The predicted octanol–water partition coefficient (Wildman–Crippen LogP) is 2.77. The summed E-state index contributed by atoms with van der Waals surface area (Å²) in [6.45, 7) is 14.8. The third kappa shape index (κ3) is 7.05. The first-order chi connectivity index (χ1) is 10.7. The summed E-state index contributed by atoms with van der Waals surface area (Å²) in [6, 6.07) is 1.75. The van der Waals surface area contributed by atoms with E-state index < -0.39 is 37.5 Å². The Morgan fingerprint density at radius 3 is 1.12 bits per heavy atom. The summed E-state index contributed by atoms with van der Waals surface area (Å²) in [5, 5.41) is 0. The van der Waals surface area contributed by atoms with Crippen molar-refractivity contribution in [1.82, 2.24) is 1.97 Å². The second kappa shape index (κ2) is 10.3. The van der Waals surface area contributed by atoms with Gasteiger partial charge in [0.15, 0.2) is 0 Å². The van der Waals surface area contributed by atoms with E-state index in [0.29, 0.717) is 11.1 Å². The summed E-state index contributed by atoms with van der Waals surface area (Å²) in [5.41, 5.74) is 0.701. The molecule has 2 fully saturated rings. The molecule has 0 aliphatic heterocycles. The van der Waals surface area contributed by atoms with E-state index in [9.17, 15) is 0 Å². The van der Waals surface area contributed by atoms with E-state index in [0.717, 1.165) is 12.1 Å². The van der Waals surface area contributed by atoms with Crippen LogP contribution in [-0.4, -0.2) is 25.1 Å². The number of nitrogens with zero attached hydrogens (tertiary/aromatic N) is 2. The minimum atomic E-state index is -1.01. The summed E-state index contributed by atoms with van der Waals surface area (Å²) >= 11 is -1.01. The summed E-state index contributed by atoms with van der Waals surface area (Å²) in [5.74, 6) is 0. The molecule has 0 amide bonds. The third-order valence-electron chi connectivity index (χ3n) is 5.54. The molecule has 0 saturated heterocycles. The molecule has 0 aromatic carbocycles. The van der Waals surface area contributed by atoms with Crippen molar-refractivity contribution < 1.29 is 54.5 Å². The summed E-state index contributed by atoms with van der Waals surface area (Å²) < 4.78 is 6.07. The maximum Gasteiger partial charge on any atom is -1.00 e. The predicted molar refractivity (Wildman–Crippen MR) is 96.9 cm³/mol. The fourth-order valence-corrected chi connectivity index (χ4v) is 9.73. The van der Waals surface area contributed by atoms with Crippen molar-refractivity contribution in [3.05, 3.63) is 0 Å². The van der Waals surface area contributed by atoms with Crippen molar-refractivity contribution in [2.75, 3.05) is 0 Å². The molecule has 0 atom stereocenters. The molecule has 0 aromatic rings. The van der Waals surface area contributed by atoms with Crippen molar-refractivity contribution in [2.24, 2.45) is 0 Å². The van der Waals surface area contributed by atoms with Gasteiger partial charge in [0.25, 0.3) is 0 Å². The van der Waals surface area contributed by atoms with Gasteiger partial charge in [-0.25, -0.2) is 0 Å². The number of rotatable bonds is 4. The van der Waals surface area contributed by atoms with Crippen LogP contribution in [0, 0.1) is 37.5 Å². The molecule has 2 saturated carbocycles. The van der Waals surface area contributed by atoms with Gasteiger partial charge in [-0.15, -0.1) is 0 Å². The maximum atomic E-state index is 3.03. The van der Waals surface area contributed by atoms with Gasteiger partial charge < -0.3 is 17.0 Å². The molecule has 24 heavy (non-hydrogen) atoms. The van der Waals surface area contributed by atoms with Crippen LogP contribution < -0.4 is 17.0 Å². The standard InChI is InChI=1S/2C10H20N.BrH.Nd/c2*1-10(2,3)11-9-7-5-4-6-8-9;;/h2*9H,4-8H2,1-3H3;1H;/q2*-1;;+3/p-1. The number of hydrogen-bond acceptors (Lipinski definition) is 2. The summed E-state index contributed by atoms with van der Waals surface area (Å²) in [6.07, 6.45) is 14.6. The minimum Gasteiger partial charge on any atom is -1.00 e. The molecule has 2 aliphatic carbocycles. The smallest absolute Gasteiger partial charge is 1.00 e. The third-order valence-corrected chi connectivity index (χ3v) is 13.6. The molecule has 0 aromatic heterocycles. The molecular weight excluding hydrogens is 492 g/mol. The van der Waals surface area contributed by atoms with E-state index in [2.05, 4.69) is 43.5 Å². The van der Waals surface area contributed by atoms with Gasteiger partial charge in [-0.05, 0) is 0 Å². The molecule has 0 unspecified atom stereocenters. The van der Waals surface area contributed by atoms with Crippen LogP contribution in [0.3, 0.4) is 0 Å². The Labute approximate surface area is 183 Å². The quantitative estimate of drug-likeness (QED) is 0.550. The van der Waals surface area contributed by atoms with E-state index in [4.69, 9.17) is 0 Å². The van der Waals surface area contributed by atoms with E-state index in [1.165, 1.54) is 64.2 Å². The van der Waals surface area contributed by atoms with Gasteiger partial charge in [-0.3, -0.25) is 0 Å². The van der Waals surface area contributed by atoms with Crippen LogP contribution in [0.15, 0.2) is 0 Å². The molecule has 0 N–H and O–H groups in total. The van der Waals surface area contributed by atoms with Crippen molar-refractivity contribution in [3.63, 3.8) is 0 Å². The Kier molecular flexibility index (Phi) is 10.2. The van der Waals surface area contributed by atoms with E-state index in [1.807, 2.05) is 0 Å². The van der Waals surface area contributed by atoms with Crippen LogP contribution in [0.25, 0.3) is 0 Å². The Morgan fingerprint density at radius 1 is 0.583 bits per heavy atom. The zero-order valence-corrected chi connectivity index (χ0v) is 21.8. The summed E-state index contributed by atoms with van der Waals surface area (Å²) in [4.78, 5) is 0. The average molecular weight is 533 g/mol. The Hall–Kier alpha value is 1.75. The number of halogens is 1. The van der Waals surface area contributed by atoms with Crippen LogP contribution in [0.2, 0.25) is 0 Å². The van der Waals surface area contributed by atoms with Gasteiger partial charge in [-0.2, -0.15) is 0 Å². The zero-order valence-electron chi connectivity index (χ0n) is 17.0. The molecule has 0 heterocycles. The first kappa shape index (κ1) is 23.8. The Balaban J connectivity index is 0.00000288. The zero-order chi connectivity index (χ0) is 17.1. The van der Waals surface area contributed by atoms with Crippen molar-refractivity contribution >= 4 is 0 Å². The van der Waals surface area contributed by atoms with Gasteiger partial charge >= 0.3 is 168 Å². The van der Waals surface area contributed by atoms with Gasteiger partial charge in [0, 0.05) is 0 Å². The second-order valence-electron chi connectivity index (χ2n) is 9.77. The van der Waals surface area contributed by atoms with Crippen molar-refractivity contribution in [3.8, 4) is 0 Å². The van der Waals surface area contributed by atoms with Crippen molar-refractivity contribution in [1.29, 1.82) is 0 Å². The fourth-order valence-electron chi connectivity index (χ4n) is 4.35. The molecule has 0 radical (unpaired) electrons. The molecule has 2 rings (SSSR count). The first-order valence-electron chi connectivity index (χ1n) is 10.0. The normalized spacial score (nSPS) is 21.7. The minimum absolute atomic E-state index is 0. The average Bonchev–Trinajstić information content (AvgIpc) is 2.47. The van der Waals surface area contributed by atoms with Gasteiger partial charge in [0.1, 0.15) is 0 Å². The van der Waals surface area contributed by atoms with Crippen LogP contribution in [0.5, 0.6) is 0 Å². The van der Waals surface area contributed by atoms with Crippen LogP contribution in [-0.2, 0) is 0 Å². The molecule has 2 nitrogen and oxygen atoms in total. The maximum absolute atomic E-state index is 3.03. The van der Waals surface area contributed by atoms with Crippen LogP contribution >= 0.6 is 0 Å². The number of hydrogen-bond donors (Lipinski definition) is 0.